The molecular formula is C18H15ClN4O2. The molecular weight excluding hydrogens is 340 g/mol. The number of aromatic nitrogens is 3. The minimum absolute atomic E-state index is 0.230. The molecule has 3 aromatic heterocycles. The molecule has 0 fully saturated rings. The maximum absolute atomic E-state index is 12.4. The monoisotopic (exact) mass is 354 g/mol. The summed E-state index contributed by atoms with van der Waals surface area (Å²) >= 11 is 5.90. The number of hydrogen-bond acceptors (Lipinski definition) is 5. The number of nitrogens with one attached hydrogen (secondary N) is 1. The van der Waals surface area contributed by atoms with Crippen LogP contribution < -0.4 is 10.1 Å². The number of ether oxygens (including phenoxy) is 1. The quantitative estimate of drug-likeness (QED) is 0.760. The number of anilines is 1. The second-order valence-corrected chi connectivity index (χ2v) is 5.83. The van der Waals surface area contributed by atoms with E-state index in [0.29, 0.717) is 28.0 Å². The lowest BCUT2D eigenvalue weighted by molar-refractivity contribution is 0.102. The highest BCUT2D eigenvalue weighted by molar-refractivity contribution is 6.30. The van der Waals surface area contributed by atoms with Gasteiger partial charge in [-0.1, -0.05) is 17.7 Å². The van der Waals surface area contributed by atoms with E-state index in [1.165, 1.54) is 12.4 Å². The average Bonchev–Trinajstić information content (AvgIpc) is 2.54. The minimum Gasteiger partial charge on any atom is -0.456 e. The van der Waals surface area contributed by atoms with Gasteiger partial charge in [0.2, 0.25) is 0 Å². The van der Waals surface area contributed by atoms with Crippen LogP contribution in [0.1, 0.15) is 21.9 Å². The summed E-state index contributed by atoms with van der Waals surface area (Å²) in [5, 5.41) is 3.19. The Bertz CT molecular complexity index is 930. The van der Waals surface area contributed by atoms with Gasteiger partial charge < -0.3 is 10.1 Å². The Hall–Kier alpha value is -2.99. The van der Waals surface area contributed by atoms with E-state index < -0.39 is 0 Å². The largest absolute Gasteiger partial charge is 0.456 e. The van der Waals surface area contributed by atoms with Gasteiger partial charge in [-0.3, -0.25) is 9.78 Å². The Morgan fingerprint density at radius 2 is 1.88 bits per heavy atom. The molecule has 1 amide bonds. The third kappa shape index (κ3) is 4.51. The lowest BCUT2D eigenvalue weighted by atomic mass is 10.2. The molecule has 7 heteroatoms. The van der Waals surface area contributed by atoms with Gasteiger partial charge in [0, 0.05) is 35.8 Å². The van der Waals surface area contributed by atoms with E-state index in [2.05, 4.69) is 20.3 Å². The Kier molecular flexibility index (Phi) is 4.90. The molecule has 1 N–H and O–H groups in total. The first-order valence-electron chi connectivity index (χ1n) is 7.52. The molecule has 0 aliphatic carbocycles. The summed E-state index contributed by atoms with van der Waals surface area (Å²) in [4.78, 5) is 24.9. The van der Waals surface area contributed by atoms with Crippen LogP contribution in [-0.2, 0) is 0 Å². The summed E-state index contributed by atoms with van der Waals surface area (Å²) in [7, 11) is 0. The SMILES string of the molecule is Cc1cccc(NC(=O)c2cc(Oc3cncc(Cl)c3)cc(C)n2)n1. The molecule has 0 spiro atoms. The van der Waals surface area contributed by atoms with Crippen molar-refractivity contribution in [3.8, 4) is 11.5 Å². The molecule has 25 heavy (non-hydrogen) atoms. The van der Waals surface area contributed by atoms with Crippen molar-refractivity contribution in [2.24, 2.45) is 0 Å². The molecule has 3 aromatic rings. The maximum Gasteiger partial charge on any atom is 0.275 e. The predicted octanol–water partition coefficient (Wildman–Crippen LogP) is 4.19. The number of carbonyl (C=O) groups is 1. The van der Waals surface area contributed by atoms with Crippen molar-refractivity contribution < 1.29 is 9.53 Å². The van der Waals surface area contributed by atoms with E-state index in [-0.39, 0.29) is 11.6 Å². The number of rotatable bonds is 4. The topological polar surface area (TPSA) is 77.0 Å². The highest BCUT2D eigenvalue weighted by Gasteiger charge is 2.12. The van der Waals surface area contributed by atoms with Gasteiger partial charge in [-0.15, -0.1) is 0 Å². The van der Waals surface area contributed by atoms with Crippen LogP contribution in [0.3, 0.4) is 0 Å². The normalized spacial score (nSPS) is 10.4. The Labute approximate surface area is 149 Å². The fourth-order valence-electron chi connectivity index (χ4n) is 2.19. The van der Waals surface area contributed by atoms with Gasteiger partial charge in [0.15, 0.2) is 0 Å². The van der Waals surface area contributed by atoms with E-state index in [4.69, 9.17) is 16.3 Å². The predicted molar refractivity (Wildman–Crippen MR) is 95.2 cm³/mol. The molecule has 0 unspecified atom stereocenters. The standard InChI is InChI=1S/C18H15ClN4O2/c1-11-4-3-5-17(22-11)23-18(24)16-8-14(6-12(2)21-16)25-15-7-13(19)9-20-10-15/h3-10H,1-2H3,(H,22,23,24). The Balaban J connectivity index is 1.82. The van der Waals surface area contributed by atoms with Crippen LogP contribution in [0.4, 0.5) is 5.82 Å². The van der Waals surface area contributed by atoms with E-state index in [1.54, 1.807) is 31.2 Å². The molecule has 3 rings (SSSR count). The number of hydrogen-bond donors (Lipinski definition) is 1. The van der Waals surface area contributed by atoms with Crippen molar-refractivity contribution in [3.05, 3.63) is 70.9 Å². The summed E-state index contributed by atoms with van der Waals surface area (Å²) < 4.78 is 5.72. The number of halogens is 1. The first-order valence-corrected chi connectivity index (χ1v) is 7.89. The van der Waals surface area contributed by atoms with Gasteiger partial charge in [-0.2, -0.15) is 0 Å². The van der Waals surface area contributed by atoms with Crippen LogP contribution in [0.2, 0.25) is 5.02 Å². The zero-order valence-electron chi connectivity index (χ0n) is 13.7. The molecule has 0 saturated heterocycles. The van der Waals surface area contributed by atoms with Crippen LogP contribution in [0.15, 0.2) is 48.8 Å². The minimum atomic E-state index is -0.365. The van der Waals surface area contributed by atoms with Gasteiger partial charge in [0.1, 0.15) is 23.0 Å². The smallest absolute Gasteiger partial charge is 0.275 e. The summed E-state index contributed by atoms with van der Waals surface area (Å²) in [5.74, 6) is 1.05. The molecule has 126 valence electrons. The summed E-state index contributed by atoms with van der Waals surface area (Å²) in [6.45, 7) is 3.64. The number of nitrogens with zero attached hydrogens (tertiary/aromatic N) is 3. The fraction of sp³-hybridized carbons (Fsp3) is 0.111. The van der Waals surface area contributed by atoms with Crippen molar-refractivity contribution in [3.63, 3.8) is 0 Å². The average molecular weight is 355 g/mol. The third-order valence-electron chi connectivity index (χ3n) is 3.20. The molecule has 0 aliphatic heterocycles. The zero-order valence-corrected chi connectivity index (χ0v) is 14.4. The molecule has 0 aromatic carbocycles. The van der Waals surface area contributed by atoms with Crippen LogP contribution in [0, 0.1) is 13.8 Å². The number of carbonyl (C=O) groups excluding carboxylic acids is 1. The fourth-order valence-corrected chi connectivity index (χ4v) is 2.35. The molecule has 6 nitrogen and oxygen atoms in total. The van der Waals surface area contributed by atoms with Gasteiger partial charge in [-0.25, -0.2) is 9.97 Å². The summed E-state index contributed by atoms with van der Waals surface area (Å²) in [6, 6.07) is 10.3. The van der Waals surface area contributed by atoms with E-state index in [9.17, 15) is 4.79 Å². The summed E-state index contributed by atoms with van der Waals surface area (Å²) in [6.07, 6.45) is 3.05. The molecule has 0 aliphatic rings. The number of pyridine rings is 3. The third-order valence-corrected chi connectivity index (χ3v) is 3.41. The van der Waals surface area contributed by atoms with Crippen LogP contribution in [-0.4, -0.2) is 20.9 Å². The maximum atomic E-state index is 12.4. The Morgan fingerprint density at radius 3 is 2.64 bits per heavy atom. The lowest BCUT2D eigenvalue weighted by Gasteiger charge is -2.09. The zero-order chi connectivity index (χ0) is 17.8. The number of aryl methyl sites for hydroxylation is 2. The Morgan fingerprint density at radius 1 is 1.04 bits per heavy atom. The van der Waals surface area contributed by atoms with E-state index in [1.807, 2.05) is 19.1 Å². The second kappa shape index (κ2) is 7.27. The van der Waals surface area contributed by atoms with Gasteiger partial charge >= 0.3 is 0 Å². The van der Waals surface area contributed by atoms with Crippen molar-refractivity contribution in [2.75, 3.05) is 5.32 Å². The molecule has 0 bridgehead atoms. The summed E-state index contributed by atoms with van der Waals surface area (Å²) in [5.41, 5.74) is 1.69. The van der Waals surface area contributed by atoms with Gasteiger partial charge in [0.05, 0.1) is 11.2 Å². The first kappa shape index (κ1) is 16.9. The molecule has 3 heterocycles. The second-order valence-electron chi connectivity index (χ2n) is 5.39. The van der Waals surface area contributed by atoms with Crippen LogP contribution in [0.5, 0.6) is 11.5 Å². The van der Waals surface area contributed by atoms with Crippen molar-refractivity contribution >= 4 is 23.3 Å². The highest BCUT2D eigenvalue weighted by atomic mass is 35.5. The highest BCUT2D eigenvalue weighted by Crippen LogP contribution is 2.24. The number of amides is 1. The van der Waals surface area contributed by atoms with Crippen molar-refractivity contribution in [1.29, 1.82) is 0 Å². The van der Waals surface area contributed by atoms with Gasteiger partial charge in [0.25, 0.3) is 5.91 Å². The molecule has 0 radical (unpaired) electrons. The van der Waals surface area contributed by atoms with Crippen LogP contribution in [0.25, 0.3) is 0 Å². The van der Waals surface area contributed by atoms with Gasteiger partial charge in [-0.05, 0) is 26.0 Å². The molecule has 0 atom stereocenters. The molecule has 0 saturated carbocycles. The first-order chi connectivity index (χ1) is 12.0. The van der Waals surface area contributed by atoms with E-state index in [0.717, 1.165) is 5.69 Å². The van der Waals surface area contributed by atoms with Crippen LogP contribution >= 0.6 is 11.6 Å². The van der Waals surface area contributed by atoms with Crippen molar-refractivity contribution in [2.45, 2.75) is 13.8 Å². The van der Waals surface area contributed by atoms with E-state index >= 15 is 0 Å². The lowest BCUT2D eigenvalue weighted by Crippen LogP contribution is -2.15. The van der Waals surface area contributed by atoms with Crippen molar-refractivity contribution in [1.82, 2.24) is 15.0 Å².